The lowest BCUT2D eigenvalue weighted by Crippen LogP contribution is -2.59. The number of rotatable bonds is 9. The molecule has 41 heavy (non-hydrogen) atoms. The van der Waals surface area contributed by atoms with Gasteiger partial charge in [-0.2, -0.15) is 0 Å². The van der Waals surface area contributed by atoms with E-state index in [0.717, 1.165) is 81.3 Å². The van der Waals surface area contributed by atoms with Crippen molar-refractivity contribution in [3.63, 3.8) is 0 Å². The maximum atomic E-state index is 13.4. The lowest BCUT2D eigenvalue weighted by Gasteiger charge is -2.48. The van der Waals surface area contributed by atoms with Gasteiger partial charge in [0.25, 0.3) is 0 Å². The van der Waals surface area contributed by atoms with Crippen LogP contribution < -0.4 is 10.2 Å². The number of benzene rings is 1. The molecule has 2 N–H and O–H groups in total. The highest BCUT2D eigenvalue weighted by Crippen LogP contribution is 2.33. The van der Waals surface area contributed by atoms with Crippen molar-refractivity contribution in [2.75, 3.05) is 44.2 Å². The standard InChI is InChI=1S/C31H39Cl2N7O/c1-2-25-20-39(30-27(33)17-23(19-36-30)29-34-11-12-35-29)15-16-40(25)26-9-13-38(14-10-26)28(22-5-7-24(32)8-6-22)31(41)37-18-21-3-4-21/h5-8,11-12,17,19,21,25-26,28H,2-4,9-10,13-16,18,20H2,1H3,(H,34,35)(H,37,41). The van der Waals surface area contributed by atoms with Crippen molar-refractivity contribution < 1.29 is 4.79 Å². The molecule has 2 unspecified atom stereocenters. The number of anilines is 1. The topological polar surface area (TPSA) is 80.4 Å². The van der Waals surface area contributed by atoms with E-state index in [2.05, 4.69) is 36.9 Å². The molecule has 10 heteroatoms. The molecule has 1 aliphatic carbocycles. The van der Waals surface area contributed by atoms with Crippen LogP contribution in [0.4, 0.5) is 5.82 Å². The molecule has 218 valence electrons. The Hall–Kier alpha value is -2.65. The summed E-state index contributed by atoms with van der Waals surface area (Å²) in [5.41, 5.74) is 1.91. The fourth-order valence-corrected chi connectivity index (χ4v) is 6.85. The summed E-state index contributed by atoms with van der Waals surface area (Å²) in [6, 6.07) is 10.4. The SMILES string of the molecule is CCC1CN(c2ncc(-c3ncc[nH]3)cc2Cl)CCN1C1CCN(C(C(=O)NCC2CC2)c2ccc(Cl)cc2)CC1. The highest BCUT2D eigenvalue weighted by molar-refractivity contribution is 6.33. The first kappa shape index (κ1) is 28.5. The van der Waals surface area contributed by atoms with Crippen LogP contribution in [0.3, 0.4) is 0 Å². The fraction of sp³-hybridized carbons (Fsp3) is 0.516. The van der Waals surface area contributed by atoms with Crippen LogP contribution in [0.25, 0.3) is 11.4 Å². The van der Waals surface area contributed by atoms with Gasteiger partial charge in [0.15, 0.2) is 0 Å². The first-order valence-electron chi connectivity index (χ1n) is 14.9. The molecule has 3 fully saturated rings. The molecule has 6 rings (SSSR count). The van der Waals surface area contributed by atoms with Crippen molar-refractivity contribution >= 4 is 34.9 Å². The number of pyridine rings is 1. The number of hydrogen-bond donors (Lipinski definition) is 2. The van der Waals surface area contributed by atoms with Crippen LogP contribution in [-0.4, -0.2) is 82.0 Å². The minimum atomic E-state index is -0.275. The third kappa shape index (κ3) is 6.56. The Morgan fingerprint density at radius 2 is 1.85 bits per heavy atom. The van der Waals surface area contributed by atoms with Crippen LogP contribution in [0.1, 0.15) is 50.6 Å². The molecule has 1 amide bonds. The van der Waals surface area contributed by atoms with E-state index < -0.39 is 0 Å². The Balaban J connectivity index is 1.09. The quantitative estimate of drug-likeness (QED) is 0.344. The third-order valence-corrected chi connectivity index (χ3v) is 9.45. The minimum Gasteiger partial charge on any atom is -0.354 e. The molecular weight excluding hydrogens is 557 g/mol. The lowest BCUT2D eigenvalue weighted by molar-refractivity contribution is -0.127. The smallest absolute Gasteiger partial charge is 0.241 e. The van der Waals surface area contributed by atoms with Crippen molar-refractivity contribution in [1.82, 2.24) is 30.1 Å². The second-order valence-corrected chi connectivity index (χ2v) is 12.5. The normalized spacial score (nSPS) is 21.6. The molecule has 3 aromatic rings. The summed E-state index contributed by atoms with van der Waals surface area (Å²) < 4.78 is 0. The Morgan fingerprint density at radius 3 is 2.51 bits per heavy atom. The number of halogens is 2. The van der Waals surface area contributed by atoms with Gasteiger partial charge in [0.1, 0.15) is 17.7 Å². The van der Waals surface area contributed by atoms with Gasteiger partial charge in [-0.05, 0) is 61.8 Å². The summed E-state index contributed by atoms with van der Waals surface area (Å²) in [5, 5.41) is 4.58. The highest BCUT2D eigenvalue weighted by Gasteiger charge is 2.37. The van der Waals surface area contributed by atoms with E-state index in [4.69, 9.17) is 28.2 Å². The number of piperidine rings is 1. The largest absolute Gasteiger partial charge is 0.354 e. The molecule has 2 aliphatic heterocycles. The number of imidazole rings is 1. The van der Waals surface area contributed by atoms with Crippen molar-refractivity contribution in [1.29, 1.82) is 0 Å². The van der Waals surface area contributed by atoms with Gasteiger partial charge in [0.05, 0.1) is 5.02 Å². The van der Waals surface area contributed by atoms with Gasteiger partial charge < -0.3 is 15.2 Å². The monoisotopic (exact) mass is 595 g/mol. The van der Waals surface area contributed by atoms with E-state index in [-0.39, 0.29) is 11.9 Å². The number of aromatic nitrogens is 3. The van der Waals surface area contributed by atoms with Crippen LogP contribution in [0.2, 0.25) is 10.0 Å². The molecule has 2 aromatic heterocycles. The highest BCUT2D eigenvalue weighted by atomic mass is 35.5. The molecule has 0 bridgehead atoms. The summed E-state index contributed by atoms with van der Waals surface area (Å²) in [5.74, 6) is 2.38. The Kier molecular flexibility index (Phi) is 8.81. The predicted octanol–water partition coefficient (Wildman–Crippen LogP) is 5.41. The molecule has 1 aromatic carbocycles. The summed E-state index contributed by atoms with van der Waals surface area (Å²) >= 11 is 12.9. The first-order valence-corrected chi connectivity index (χ1v) is 15.7. The predicted molar refractivity (Wildman–Crippen MR) is 164 cm³/mol. The number of H-pyrrole nitrogens is 1. The van der Waals surface area contributed by atoms with E-state index in [1.54, 1.807) is 12.4 Å². The number of hydrogen-bond acceptors (Lipinski definition) is 6. The van der Waals surface area contributed by atoms with Gasteiger partial charge in [-0.1, -0.05) is 42.3 Å². The molecule has 2 atom stereocenters. The van der Waals surface area contributed by atoms with Crippen LogP contribution in [0.15, 0.2) is 48.9 Å². The van der Waals surface area contributed by atoms with Gasteiger partial charge >= 0.3 is 0 Å². The zero-order chi connectivity index (χ0) is 28.3. The zero-order valence-corrected chi connectivity index (χ0v) is 25.1. The number of aromatic amines is 1. The Morgan fingerprint density at radius 1 is 1.07 bits per heavy atom. The van der Waals surface area contributed by atoms with Gasteiger partial charge in [-0.15, -0.1) is 0 Å². The number of nitrogens with zero attached hydrogens (tertiary/aromatic N) is 5. The van der Waals surface area contributed by atoms with Crippen molar-refractivity contribution in [2.24, 2.45) is 5.92 Å². The van der Waals surface area contributed by atoms with E-state index >= 15 is 0 Å². The van der Waals surface area contributed by atoms with Gasteiger partial charge in [0.2, 0.25) is 5.91 Å². The number of amides is 1. The van der Waals surface area contributed by atoms with E-state index in [0.29, 0.717) is 28.0 Å². The van der Waals surface area contributed by atoms with Gasteiger partial charge in [-0.3, -0.25) is 14.6 Å². The molecule has 0 spiro atoms. The summed E-state index contributed by atoms with van der Waals surface area (Å²) in [4.78, 5) is 33.0. The van der Waals surface area contributed by atoms with Crippen LogP contribution >= 0.6 is 23.2 Å². The summed E-state index contributed by atoms with van der Waals surface area (Å²) in [7, 11) is 0. The van der Waals surface area contributed by atoms with Crippen molar-refractivity contribution in [3.05, 3.63) is 64.5 Å². The number of carbonyl (C=O) groups is 1. The third-order valence-electron chi connectivity index (χ3n) is 8.92. The summed E-state index contributed by atoms with van der Waals surface area (Å²) in [6.07, 6.45) is 11.0. The second kappa shape index (κ2) is 12.7. The zero-order valence-electron chi connectivity index (χ0n) is 23.6. The average molecular weight is 597 g/mol. The van der Waals surface area contributed by atoms with Crippen LogP contribution in [0.5, 0.6) is 0 Å². The molecule has 0 radical (unpaired) electrons. The minimum absolute atomic E-state index is 0.111. The Bertz CT molecular complexity index is 1310. The molecule has 1 saturated carbocycles. The second-order valence-electron chi connectivity index (χ2n) is 11.6. The molecule has 3 aliphatic rings. The number of likely N-dealkylation sites (tertiary alicyclic amines) is 1. The maximum Gasteiger partial charge on any atom is 0.241 e. The number of carbonyl (C=O) groups excluding carboxylic acids is 1. The van der Waals surface area contributed by atoms with Crippen LogP contribution in [-0.2, 0) is 4.79 Å². The molecule has 4 heterocycles. The molecule has 2 saturated heterocycles. The molecular formula is C31H39Cl2N7O. The maximum absolute atomic E-state index is 13.4. The lowest BCUT2D eigenvalue weighted by atomic mass is 9.95. The van der Waals surface area contributed by atoms with Crippen LogP contribution in [0, 0.1) is 5.92 Å². The number of nitrogens with one attached hydrogen (secondary N) is 2. The van der Waals surface area contributed by atoms with E-state index in [1.165, 1.54) is 12.8 Å². The van der Waals surface area contributed by atoms with Crippen molar-refractivity contribution in [3.8, 4) is 11.4 Å². The van der Waals surface area contributed by atoms with E-state index in [9.17, 15) is 4.79 Å². The fourth-order valence-electron chi connectivity index (χ4n) is 6.43. The number of piperazine rings is 1. The van der Waals surface area contributed by atoms with Crippen molar-refractivity contribution in [2.45, 2.75) is 57.2 Å². The average Bonchev–Trinajstić information content (AvgIpc) is 3.67. The molecule has 8 nitrogen and oxygen atoms in total. The Labute approximate surface area is 252 Å². The summed E-state index contributed by atoms with van der Waals surface area (Å²) in [6.45, 7) is 7.61. The van der Waals surface area contributed by atoms with E-state index in [1.807, 2.05) is 36.5 Å². The first-order chi connectivity index (χ1) is 20.0. The van der Waals surface area contributed by atoms with Gasteiger partial charge in [-0.25, -0.2) is 9.97 Å². The van der Waals surface area contributed by atoms with Gasteiger partial charge in [0, 0.05) is 80.5 Å².